The Morgan fingerprint density at radius 1 is 1.17 bits per heavy atom. The first-order chi connectivity index (χ1) is 8.49. The Morgan fingerprint density at radius 3 is 2.28 bits per heavy atom. The number of aromatic nitrogens is 2. The van der Waals surface area contributed by atoms with Gasteiger partial charge in [0.1, 0.15) is 0 Å². The van der Waals surface area contributed by atoms with Crippen molar-refractivity contribution in [1.82, 2.24) is 15.1 Å². The first kappa shape index (κ1) is 15.2. The summed E-state index contributed by atoms with van der Waals surface area (Å²) in [6, 6.07) is 3.23. The van der Waals surface area contributed by atoms with Crippen LogP contribution in [0.4, 0.5) is 0 Å². The van der Waals surface area contributed by atoms with Gasteiger partial charge in [0.05, 0.1) is 11.7 Å². The molecule has 1 N–H and O–H groups in total. The number of nitrogens with one attached hydrogen (secondary N) is 1. The molecule has 1 unspecified atom stereocenters. The Balaban J connectivity index is 2.93. The van der Waals surface area contributed by atoms with Crippen molar-refractivity contribution in [3.05, 3.63) is 17.5 Å². The van der Waals surface area contributed by atoms with Crippen LogP contribution in [-0.4, -0.2) is 22.4 Å². The fraction of sp³-hybridized carbons (Fsp3) is 0.800. The van der Waals surface area contributed by atoms with Gasteiger partial charge in [0.15, 0.2) is 0 Å². The van der Waals surface area contributed by atoms with Crippen molar-refractivity contribution in [2.75, 3.05) is 6.54 Å². The fourth-order valence-electron chi connectivity index (χ4n) is 2.17. The second-order valence-corrected chi connectivity index (χ2v) is 5.65. The second kappa shape index (κ2) is 6.93. The van der Waals surface area contributed by atoms with E-state index in [4.69, 9.17) is 5.10 Å². The minimum absolute atomic E-state index is 0.447. The first-order valence-corrected chi connectivity index (χ1v) is 7.30. The topological polar surface area (TPSA) is 29.9 Å². The molecule has 18 heavy (non-hydrogen) atoms. The van der Waals surface area contributed by atoms with Crippen molar-refractivity contribution in [3.63, 3.8) is 0 Å². The Labute approximate surface area is 112 Å². The average molecular weight is 251 g/mol. The Hall–Kier alpha value is -0.830. The fourth-order valence-corrected chi connectivity index (χ4v) is 2.17. The summed E-state index contributed by atoms with van der Waals surface area (Å²) in [6.07, 6.45) is 2.07. The first-order valence-electron chi connectivity index (χ1n) is 7.30. The molecule has 0 bridgehead atoms. The van der Waals surface area contributed by atoms with Crippen LogP contribution in [0.5, 0.6) is 0 Å². The minimum atomic E-state index is 0.447. The SMILES string of the molecule is CCc1cc(CC)n(C(CNC(C)C)C(C)C)n1. The lowest BCUT2D eigenvalue weighted by molar-refractivity contribution is 0.313. The number of hydrogen-bond acceptors (Lipinski definition) is 2. The zero-order chi connectivity index (χ0) is 13.7. The summed E-state index contributed by atoms with van der Waals surface area (Å²) < 4.78 is 2.25. The van der Waals surface area contributed by atoms with Crippen LogP contribution < -0.4 is 5.32 Å². The Bertz CT molecular complexity index is 353. The Kier molecular flexibility index (Phi) is 5.86. The summed E-state index contributed by atoms with van der Waals surface area (Å²) in [4.78, 5) is 0. The van der Waals surface area contributed by atoms with E-state index in [2.05, 4.69) is 57.6 Å². The third kappa shape index (κ3) is 3.84. The van der Waals surface area contributed by atoms with E-state index in [0.29, 0.717) is 18.0 Å². The predicted octanol–water partition coefficient (Wildman–Crippen LogP) is 3.20. The average Bonchev–Trinajstić information content (AvgIpc) is 2.71. The monoisotopic (exact) mass is 251 g/mol. The number of hydrogen-bond donors (Lipinski definition) is 1. The lowest BCUT2D eigenvalue weighted by atomic mass is 10.0. The number of aryl methyl sites for hydroxylation is 2. The van der Waals surface area contributed by atoms with Gasteiger partial charge < -0.3 is 5.32 Å². The molecule has 0 amide bonds. The summed E-state index contributed by atoms with van der Waals surface area (Å²) in [5, 5.41) is 8.32. The molecule has 1 aromatic heterocycles. The van der Waals surface area contributed by atoms with E-state index in [-0.39, 0.29) is 0 Å². The van der Waals surface area contributed by atoms with E-state index >= 15 is 0 Å². The van der Waals surface area contributed by atoms with Gasteiger partial charge in [-0.1, -0.05) is 41.5 Å². The predicted molar refractivity (Wildman–Crippen MR) is 78.0 cm³/mol. The summed E-state index contributed by atoms with van der Waals surface area (Å²) in [7, 11) is 0. The molecule has 1 aromatic rings. The van der Waals surface area contributed by atoms with Crippen LogP contribution in [0.25, 0.3) is 0 Å². The molecule has 0 saturated carbocycles. The molecule has 0 radical (unpaired) electrons. The number of rotatable bonds is 7. The zero-order valence-electron chi connectivity index (χ0n) is 12.8. The van der Waals surface area contributed by atoms with Crippen molar-refractivity contribution in [2.24, 2.45) is 5.92 Å². The van der Waals surface area contributed by atoms with Gasteiger partial charge in [-0.2, -0.15) is 5.10 Å². The van der Waals surface area contributed by atoms with Gasteiger partial charge >= 0.3 is 0 Å². The molecule has 0 fully saturated rings. The minimum Gasteiger partial charge on any atom is -0.312 e. The van der Waals surface area contributed by atoms with Gasteiger partial charge in [-0.05, 0) is 24.8 Å². The summed E-state index contributed by atoms with van der Waals surface area (Å²) in [5.74, 6) is 0.589. The van der Waals surface area contributed by atoms with Crippen LogP contribution >= 0.6 is 0 Å². The van der Waals surface area contributed by atoms with Crippen molar-refractivity contribution >= 4 is 0 Å². The van der Waals surface area contributed by atoms with E-state index in [1.807, 2.05) is 0 Å². The molecule has 0 aliphatic heterocycles. The van der Waals surface area contributed by atoms with Gasteiger partial charge in [-0.15, -0.1) is 0 Å². The van der Waals surface area contributed by atoms with E-state index in [1.165, 1.54) is 11.4 Å². The van der Waals surface area contributed by atoms with E-state index in [1.54, 1.807) is 0 Å². The molecule has 3 nitrogen and oxygen atoms in total. The van der Waals surface area contributed by atoms with Gasteiger partial charge in [-0.3, -0.25) is 4.68 Å². The highest BCUT2D eigenvalue weighted by Crippen LogP contribution is 2.20. The molecule has 1 heterocycles. The maximum absolute atomic E-state index is 4.78. The van der Waals surface area contributed by atoms with Crippen LogP contribution in [0.3, 0.4) is 0 Å². The van der Waals surface area contributed by atoms with Crippen LogP contribution in [0.2, 0.25) is 0 Å². The lowest BCUT2D eigenvalue weighted by Crippen LogP contribution is -2.34. The van der Waals surface area contributed by atoms with E-state index in [0.717, 1.165) is 19.4 Å². The number of nitrogens with zero attached hydrogens (tertiary/aromatic N) is 2. The van der Waals surface area contributed by atoms with Gasteiger partial charge in [-0.25, -0.2) is 0 Å². The lowest BCUT2D eigenvalue weighted by Gasteiger charge is -2.25. The summed E-state index contributed by atoms with van der Waals surface area (Å²) in [6.45, 7) is 14.3. The molecule has 104 valence electrons. The van der Waals surface area contributed by atoms with Crippen molar-refractivity contribution in [1.29, 1.82) is 0 Å². The second-order valence-electron chi connectivity index (χ2n) is 5.65. The molecule has 0 aromatic carbocycles. The summed E-state index contributed by atoms with van der Waals surface area (Å²) >= 11 is 0. The van der Waals surface area contributed by atoms with E-state index in [9.17, 15) is 0 Å². The largest absolute Gasteiger partial charge is 0.312 e. The standard InChI is InChI=1S/C15H29N3/c1-7-13-9-14(8-2)18(17-13)15(11(3)4)10-16-12(5)6/h9,11-12,15-16H,7-8,10H2,1-6H3. The molecule has 0 aliphatic rings. The van der Waals surface area contributed by atoms with Crippen LogP contribution in [-0.2, 0) is 12.8 Å². The third-order valence-electron chi connectivity index (χ3n) is 3.41. The van der Waals surface area contributed by atoms with Crippen LogP contribution in [0, 0.1) is 5.92 Å². The molecule has 0 spiro atoms. The summed E-state index contributed by atoms with van der Waals surface area (Å²) in [5.41, 5.74) is 2.57. The van der Waals surface area contributed by atoms with Gasteiger partial charge in [0.25, 0.3) is 0 Å². The highest BCUT2D eigenvalue weighted by atomic mass is 15.3. The van der Waals surface area contributed by atoms with Crippen molar-refractivity contribution < 1.29 is 0 Å². The Morgan fingerprint density at radius 2 is 1.83 bits per heavy atom. The van der Waals surface area contributed by atoms with Gasteiger partial charge in [0.2, 0.25) is 0 Å². The molecular formula is C15H29N3. The van der Waals surface area contributed by atoms with Crippen molar-refractivity contribution in [2.45, 2.75) is 66.5 Å². The smallest absolute Gasteiger partial charge is 0.0669 e. The molecule has 3 heteroatoms. The highest BCUT2D eigenvalue weighted by molar-refractivity contribution is 5.11. The normalized spacial score (nSPS) is 13.6. The van der Waals surface area contributed by atoms with E-state index < -0.39 is 0 Å². The third-order valence-corrected chi connectivity index (χ3v) is 3.41. The molecule has 0 saturated heterocycles. The highest BCUT2D eigenvalue weighted by Gasteiger charge is 2.19. The van der Waals surface area contributed by atoms with Gasteiger partial charge in [0, 0.05) is 18.3 Å². The molecule has 1 rings (SSSR count). The van der Waals surface area contributed by atoms with Crippen LogP contribution in [0.15, 0.2) is 6.07 Å². The maximum atomic E-state index is 4.78. The maximum Gasteiger partial charge on any atom is 0.0669 e. The van der Waals surface area contributed by atoms with Crippen LogP contribution in [0.1, 0.15) is 59.0 Å². The zero-order valence-corrected chi connectivity index (χ0v) is 12.8. The molecule has 0 aliphatic carbocycles. The quantitative estimate of drug-likeness (QED) is 0.806. The molecular weight excluding hydrogens is 222 g/mol. The van der Waals surface area contributed by atoms with Crippen molar-refractivity contribution in [3.8, 4) is 0 Å². The molecule has 1 atom stereocenters.